The van der Waals surface area contributed by atoms with Gasteiger partial charge in [0.15, 0.2) is 0 Å². The number of benzene rings is 2. The molecule has 0 radical (unpaired) electrons. The van der Waals surface area contributed by atoms with Gasteiger partial charge in [0.05, 0.1) is 19.9 Å². The van der Waals surface area contributed by atoms with Crippen LogP contribution in [0.15, 0.2) is 65.3 Å². The summed E-state index contributed by atoms with van der Waals surface area (Å²) in [6, 6.07) is 16.5. The highest BCUT2D eigenvalue weighted by Crippen LogP contribution is 2.27. The highest BCUT2D eigenvalue weighted by molar-refractivity contribution is 5.94. The number of anilines is 2. The summed E-state index contributed by atoms with van der Waals surface area (Å²) in [5.41, 5.74) is 3.03. The maximum atomic E-state index is 13.5. The van der Waals surface area contributed by atoms with Crippen molar-refractivity contribution in [3.8, 4) is 5.75 Å². The van der Waals surface area contributed by atoms with Crippen molar-refractivity contribution in [2.45, 2.75) is 40.3 Å². The first-order valence-electron chi connectivity index (χ1n) is 11.6. The molecule has 0 aliphatic rings. The first-order chi connectivity index (χ1) is 16.6. The first kappa shape index (κ1) is 25.9. The lowest BCUT2D eigenvalue weighted by Gasteiger charge is -2.26. The van der Waals surface area contributed by atoms with E-state index in [0.717, 1.165) is 11.3 Å². The van der Waals surface area contributed by atoms with Crippen LogP contribution in [0.25, 0.3) is 0 Å². The van der Waals surface area contributed by atoms with Crippen LogP contribution in [0.3, 0.4) is 0 Å². The molecule has 186 valence electrons. The maximum Gasteiger partial charge on any atom is 0.254 e. The molecule has 0 spiro atoms. The number of amides is 2. The number of carbonyl (C=O) groups is 2. The van der Waals surface area contributed by atoms with Crippen molar-refractivity contribution in [2.75, 3.05) is 31.4 Å². The van der Waals surface area contributed by atoms with Crippen molar-refractivity contribution >= 4 is 23.2 Å². The molecular weight excluding hydrogens is 442 g/mol. The van der Waals surface area contributed by atoms with E-state index in [1.807, 2.05) is 70.1 Å². The molecule has 0 unspecified atom stereocenters. The molecule has 0 atom stereocenters. The number of hydrogen-bond donors (Lipinski definition) is 1. The van der Waals surface area contributed by atoms with Crippen molar-refractivity contribution in [2.24, 2.45) is 5.41 Å². The van der Waals surface area contributed by atoms with Gasteiger partial charge < -0.3 is 24.3 Å². The van der Waals surface area contributed by atoms with Gasteiger partial charge in [-0.05, 0) is 65.6 Å². The topological polar surface area (TPSA) is 75.0 Å². The number of methoxy groups -OCH3 is 1. The van der Waals surface area contributed by atoms with Gasteiger partial charge in [-0.2, -0.15) is 0 Å². The fraction of sp³-hybridized carbons (Fsp3) is 0.357. The van der Waals surface area contributed by atoms with Crippen molar-refractivity contribution in [1.82, 2.24) is 4.90 Å². The van der Waals surface area contributed by atoms with Crippen LogP contribution in [0.1, 0.15) is 48.9 Å². The van der Waals surface area contributed by atoms with Crippen LogP contribution in [0.4, 0.5) is 11.4 Å². The smallest absolute Gasteiger partial charge is 0.254 e. The molecule has 3 aromatic rings. The van der Waals surface area contributed by atoms with E-state index in [-0.39, 0.29) is 17.2 Å². The van der Waals surface area contributed by atoms with Gasteiger partial charge in [-0.15, -0.1) is 0 Å². The van der Waals surface area contributed by atoms with Gasteiger partial charge in [-0.1, -0.05) is 20.8 Å². The van der Waals surface area contributed by atoms with Crippen LogP contribution in [0.2, 0.25) is 0 Å². The van der Waals surface area contributed by atoms with Gasteiger partial charge in [0.25, 0.3) is 5.91 Å². The summed E-state index contributed by atoms with van der Waals surface area (Å²) in [5, 5.41) is 3.00. The Hall–Kier alpha value is -3.74. The average molecular weight is 478 g/mol. The molecule has 35 heavy (non-hydrogen) atoms. The van der Waals surface area contributed by atoms with E-state index in [9.17, 15) is 9.59 Å². The maximum absolute atomic E-state index is 13.5. The number of rotatable bonds is 9. The second kappa shape index (κ2) is 11.1. The number of hydrogen-bond acceptors (Lipinski definition) is 5. The zero-order chi connectivity index (χ0) is 25.6. The zero-order valence-corrected chi connectivity index (χ0v) is 21.4. The Morgan fingerprint density at radius 1 is 1.00 bits per heavy atom. The summed E-state index contributed by atoms with van der Waals surface area (Å²) in [6.45, 7) is 6.74. The molecule has 7 nitrogen and oxygen atoms in total. The number of nitrogens with one attached hydrogen (secondary N) is 1. The van der Waals surface area contributed by atoms with Crippen molar-refractivity contribution < 1.29 is 18.7 Å². The van der Waals surface area contributed by atoms with E-state index < -0.39 is 0 Å². The molecule has 0 fully saturated rings. The minimum atomic E-state index is -0.129. The Bertz CT molecular complexity index is 1130. The predicted octanol–water partition coefficient (Wildman–Crippen LogP) is 5.57. The lowest BCUT2D eigenvalue weighted by atomic mass is 9.92. The van der Waals surface area contributed by atoms with E-state index in [0.29, 0.717) is 42.3 Å². The van der Waals surface area contributed by atoms with Gasteiger partial charge in [0, 0.05) is 44.0 Å². The number of ether oxygens (including phenoxy) is 1. The summed E-state index contributed by atoms with van der Waals surface area (Å²) in [6.07, 6.45) is 2.01. The van der Waals surface area contributed by atoms with Crippen LogP contribution in [0.5, 0.6) is 5.75 Å². The standard InChI is InChI=1S/C28H35N3O4/c1-28(2,3)17-26(32)29-22-11-14-25(30(4)5)21(16-22)18-31(19-24-8-7-15-35-24)27(33)20-9-12-23(34-6)13-10-20/h7-16H,17-19H2,1-6H3,(H,29,32). The first-order valence-corrected chi connectivity index (χ1v) is 11.6. The van der Waals surface area contributed by atoms with E-state index in [1.54, 1.807) is 42.5 Å². The molecule has 2 amide bonds. The van der Waals surface area contributed by atoms with Gasteiger partial charge in [0.2, 0.25) is 5.91 Å². The highest BCUT2D eigenvalue weighted by atomic mass is 16.5. The molecule has 0 aliphatic heterocycles. The number of carbonyl (C=O) groups excluding carboxylic acids is 2. The SMILES string of the molecule is COc1ccc(C(=O)N(Cc2ccco2)Cc2cc(NC(=O)CC(C)(C)C)ccc2N(C)C)cc1. The van der Waals surface area contributed by atoms with Gasteiger partial charge in [-0.25, -0.2) is 0 Å². The summed E-state index contributed by atoms with van der Waals surface area (Å²) in [4.78, 5) is 29.8. The van der Waals surface area contributed by atoms with Gasteiger partial charge >= 0.3 is 0 Å². The fourth-order valence-corrected chi connectivity index (χ4v) is 3.83. The van der Waals surface area contributed by atoms with Crippen LogP contribution < -0.4 is 15.0 Å². The Balaban J connectivity index is 1.91. The Kier molecular flexibility index (Phi) is 8.22. The normalized spacial score (nSPS) is 11.1. The second-order valence-corrected chi connectivity index (χ2v) is 9.99. The summed E-state index contributed by atoms with van der Waals surface area (Å²) >= 11 is 0. The number of furan rings is 1. The molecule has 0 saturated carbocycles. The molecule has 0 bridgehead atoms. The minimum Gasteiger partial charge on any atom is -0.497 e. The summed E-state index contributed by atoms with van der Waals surface area (Å²) < 4.78 is 10.8. The fourth-order valence-electron chi connectivity index (χ4n) is 3.83. The predicted molar refractivity (Wildman–Crippen MR) is 139 cm³/mol. The van der Waals surface area contributed by atoms with Gasteiger partial charge in [0.1, 0.15) is 11.5 Å². The Morgan fingerprint density at radius 3 is 2.29 bits per heavy atom. The van der Waals surface area contributed by atoms with E-state index in [1.165, 1.54) is 0 Å². The van der Waals surface area contributed by atoms with Crippen molar-refractivity contribution in [1.29, 1.82) is 0 Å². The van der Waals surface area contributed by atoms with Crippen LogP contribution in [-0.2, 0) is 17.9 Å². The molecule has 0 saturated heterocycles. The Labute approximate surface area is 207 Å². The highest BCUT2D eigenvalue weighted by Gasteiger charge is 2.21. The quantitative estimate of drug-likeness (QED) is 0.436. The lowest BCUT2D eigenvalue weighted by Crippen LogP contribution is -2.31. The molecule has 2 aromatic carbocycles. The molecule has 0 aliphatic carbocycles. The Morgan fingerprint density at radius 2 is 1.71 bits per heavy atom. The monoisotopic (exact) mass is 477 g/mol. The van der Waals surface area contributed by atoms with Crippen LogP contribution in [0, 0.1) is 5.41 Å². The van der Waals surface area contributed by atoms with Crippen molar-refractivity contribution in [3.63, 3.8) is 0 Å². The molecule has 1 N–H and O–H groups in total. The third kappa shape index (κ3) is 7.37. The molecule has 1 aromatic heterocycles. The molecule has 3 rings (SSSR count). The molecular formula is C28H35N3O4. The van der Waals surface area contributed by atoms with E-state index in [4.69, 9.17) is 9.15 Å². The van der Waals surface area contributed by atoms with E-state index >= 15 is 0 Å². The summed E-state index contributed by atoms with van der Waals surface area (Å²) in [5.74, 6) is 1.21. The second-order valence-electron chi connectivity index (χ2n) is 9.99. The average Bonchev–Trinajstić information content (AvgIpc) is 3.30. The lowest BCUT2D eigenvalue weighted by molar-refractivity contribution is -0.117. The zero-order valence-electron chi connectivity index (χ0n) is 21.4. The minimum absolute atomic E-state index is 0.0391. The van der Waals surface area contributed by atoms with E-state index in [2.05, 4.69) is 5.32 Å². The third-order valence-electron chi connectivity index (χ3n) is 5.45. The van der Waals surface area contributed by atoms with Crippen molar-refractivity contribution in [3.05, 3.63) is 77.7 Å². The number of nitrogens with zero attached hydrogens (tertiary/aromatic N) is 2. The molecule has 7 heteroatoms. The van der Waals surface area contributed by atoms with Crippen LogP contribution in [-0.4, -0.2) is 37.9 Å². The van der Waals surface area contributed by atoms with Gasteiger partial charge in [-0.3, -0.25) is 9.59 Å². The molecule has 1 heterocycles. The summed E-state index contributed by atoms with van der Waals surface area (Å²) in [7, 11) is 5.51. The largest absolute Gasteiger partial charge is 0.497 e. The van der Waals surface area contributed by atoms with Crippen LogP contribution >= 0.6 is 0 Å². The third-order valence-corrected chi connectivity index (χ3v) is 5.45.